The molecule has 6 nitrogen and oxygen atoms in total. The summed E-state index contributed by atoms with van der Waals surface area (Å²) in [5, 5.41) is 11.2. The maximum absolute atomic E-state index is 13.1. The fourth-order valence-electron chi connectivity index (χ4n) is 4.09. The minimum Gasteiger partial charge on any atom is -0.507 e. The quantitative estimate of drug-likeness (QED) is 0.347. The number of carbonyl (C=O) groups excluding carboxylic acids is 2. The third-order valence-corrected chi connectivity index (χ3v) is 5.85. The smallest absolute Gasteiger partial charge is 0.295 e. The van der Waals surface area contributed by atoms with Crippen LogP contribution in [0.2, 0.25) is 0 Å². The summed E-state index contributed by atoms with van der Waals surface area (Å²) in [6.45, 7) is 7.76. The molecule has 2 aromatic carbocycles. The fourth-order valence-corrected chi connectivity index (χ4v) is 4.09. The number of amides is 1. The predicted octanol–water partition coefficient (Wildman–Crippen LogP) is 4.47. The van der Waals surface area contributed by atoms with E-state index in [0.717, 1.165) is 41.8 Å². The number of likely N-dealkylation sites (tertiary alicyclic amines) is 1. The highest BCUT2D eigenvalue weighted by Crippen LogP contribution is 2.40. The van der Waals surface area contributed by atoms with Crippen molar-refractivity contribution in [3.05, 3.63) is 70.3 Å². The zero-order chi connectivity index (χ0) is 24.1. The van der Waals surface area contributed by atoms with Crippen molar-refractivity contribution >= 4 is 17.4 Å². The highest BCUT2D eigenvalue weighted by molar-refractivity contribution is 6.46. The normalized spacial score (nSPS) is 17.8. The minimum atomic E-state index is -0.646. The van der Waals surface area contributed by atoms with Crippen LogP contribution in [0.1, 0.15) is 48.1 Å². The topological polar surface area (TPSA) is 70.1 Å². The van der Waals surface area contributed by atoms with Gasteiger partial charge in [-0.25, -0.2) is 0 Å². The summed E-state index contributed by atoms with van der Waals surface area (Å²) in [6, 6.07) is 12.5. The van der Waals surface area contributed by atoms with Gasteiger partial charge in [-0.15, -0.1) is 0 Å². The number of aryl methyl sites for hydroxylation is 2. The molecule has 2 aromatic rings. The van der Waals surface area contributed by atoms with Crippen LogP contribution in [0.25, 0.3) is 5.76 Å². The summed E-state index contributed by atoms with van der Waals surface area (Å²) in [5.41, 5.74) is 3.39. The van der Waals surface area contributed by atoms with Gasteiger partial charge < -0.3 is 19.6 Å². The first-order valence-electron chi connectivity index (χ1n) is 11.5. The number of aliphatic hydroxyl groups is 1. The molecule has 0 unspecified atom stereocenters. The molecular formula is C27H34N2O4. The zero-order valence-corrected chi connectivity index (χ0v) is 20.2. The molecule has 0 saturated carbocycles. The predicted molar refractivity (Wildman–Crippen MR) is 130 cm³/mol. The number of rotatable bonds is 9. The maximum Gasteiger partial charge on any atom is 0.295 e. The van der Waals surface area contributed by atoms with E-state index < -0.39 is 17.7 Å². The number of Topliss-reactive ketones (excluding diaryl/α,β-unsaturated/α-hetero) is 1. The molecule has 0 bridgehead atoms. The molecule has 1 heterocycles. The van der Waals surface area contributed by atoms with Gasteiger partial charge in [0, 0.05) is 12.1 Å². The summed E-state index contributed by atoms with van der Waals surface area (Å²) in [6.07, 6.45) is 1.62. The van der Waals surface area contributed by atoms with Gasteiger partial charge in [-0.2, -0.15) is 0 Å². The van der Waals surface area contributed by atoms with Crippen LogP contribution in [0.15, 0.2) is 48.0 Å². The SMILES string of the molecule is CCCOc1ccc(C(O)=C2C(=O)C(=O)N(CCCN(C)C)[C@@H]2c2ccc(C)cc2)cc1C. The Morgan fingerprint density at radius 2 is 1.79 bits per heavy atom. The Hall–Kier alpha value is -3.12. The van der Waals surface area contributed by atoms with E-state index in [1.54, 1.807) is 23.1 Å². The Morgan fingerprint density at radius 3 is 2.39 bits per heavy atom. The molecular weight excluding hydrogens is 416 g/mol. The molecule has 1 aliphatic heterocycles. The van der Waals surface area contributed by atoms with Crippen LogP contribution in [0.5, 0.6) is 5.75 Å². The Labute approximate surface area is 196 Å². The Balaban J connectivity index is 2.05. The van der Waals surface area contributed by atoms with E-state index in [2.05, 4.69) is 0 Å². The number of ketones is 1. The van der Waals surface area contributed by atoms with Gasteiger partial charge in [-0.05, 0) is 76.7 Å². The van der Waals surface area contributed by atoms with Crippen molar-refractivity contribution in [1.82, 2.24) is 9.80 Å². The van der Waals surface area contributed by atoms with Gasteiger partial charge in [0.15, 0.2) is 0 Å². The van der Waals surface area contributed by atoms with Crippen LogP contribution >= 0.6 is 0 Å². The summed E-state index contributed by atoms with van der Waals surface area (Å²) in [4.78, 5) is 29.8. The van der Waals surface area contributed by atoms with Gasteiger partial charge in [0.2, 0.25) is 0 Å². The monoisotopic (exact) mass is 450 g/mol. The molecule has 6 heteroatoms. The van der Waals surface area contributed by atoms with E-state index in [1.165, 1.54) is 0 Å². The van der Waals surface area contributed by atoms with Crippen LogP contribution in [0.4, 0.5) is 0 Å². The van der Waals surface area contributed by atoms with Gasteiger partial charge >= 0.3 is 0 Å². The van der Waals surface area contributed by atoms with Gasteiger partial charge in [0.25, 0.3) is 11.7 Å². The number of carbonyl (C=O) groups is 2. The lowest BCUT2D eigenvalue weighted by Gasteiger charge is -2.26. The Bertz CT molecular complexity index is 1040. The number of nitrogens with zero attached hydrogens (tertiary/aromatic N) is 2. The van der Waals surface area contributed by atoms with E-state index in [0.29, 0.717) is 18.7 Å². The molecule has 1 aliphatic rings. The first kappa shape index (κ1) is 24.5. The summed E-state index contributed by atoms with van der Waals surface area (Å²) >= 11 is 0. The molecule has 176 valence electrons. The molecule has 1 fully saturated rings. The van der Waals surface area contributed by atoms with Crippen LogP contribution in [0, 0.1) is 13.8 Å². The van der Waals surface area contributed by atoms with Crippen LogP contribution in [-0.4, -0.2) is 60.4 Å². The van der Waals surface area contributed by atoms with Crippen LogP contribution in [0.3, 0.4) is 0 Å². The van der Waals surface area contributed by atoms with Crippen molar-refractivity contribution in [3.63, 3.8) is 0 Å². The molecule has 33 heavy (non-hydrogen) atoms. The molecule has 0 radical (unpaired) electrons. The van der Waals surface area contributed by atoms with Gasteiger partial charge in [-0.1, -0.05) is 36.8 Å². The van der Waals surface area contributed by atoms with Gasteiger partial charge in [0.05, 0.1) is 18.2 Å². The molecule has 0 spiro atoms. The molecule has 1 amide bonds. The second kappa shape index (κ2) is 10.7. The lowest BCUT2D eigenvalue weighted by Crippen LogP contribution is -2.32. The summed E-state index contributed by atoms with van der Waals surface area (Å²) < 4.78 is 5.74. The highest BCUT2D eigenvalue weighted by atomic mass is 16.5. The highest BCUT2D eigenvalue weighted by Gasteiger charge is 2.45. The molecule has 0 aliphatic carbocycles. The lowest BCUT2D eigenvalue weighted by atomic mass is 9.94. The van der Waals surface area contributed by atoms with E-state index in [4.69, 9.17) is 4.74 Å². The molecule has 1 saturated heterocycles. The van der Waals surface area contributed by atoms with E-state index in [-0.39, 0.29) is 11.3 Å². The average Bonchev–Trinajstić information content (AvgIpc) is 3.03. The van der Waals surface area contributed by atoms with Crippen LogP contribution in [-0.2, 0) is 9.59 Å². The fraction of sp³-hybridized carbons (Fsp3) is 0.407. The maximum atomic E-state index is 13.1. The second-order valence-corrected chi connectivity index (χ2v) is 8.89. The molecule has 1 N–H and O–H groups in total. The van der Waals surface area contributed by atoms with Crippen molar-refractivity contribution in [1.29, 1.82) is 0 Å². The number of hydrogen-bond acceptors (Lipinski definition) is 5. The molecule has 3 rings (SSSR count). The average molecular weight is 451 g/mol. The minimum absolute atomic E-state index is 0.135. The number of ether oxygens (including phenoxy) is 1. The van der Waals surface area contributed by atoms with Crippen LogP contribution < -0.4 is 4.74 Å². The number of hydrogen-bond donors (Lipinski definition) is 1. The third kappa shape index (κ3) is 5.45. The van der Waals surface area contributed by atoms with E-state index >= 15 is 0 Å². The van der Waals surface area contributed by atoms with Crippen molar-refractivity contribution in [2.24, 2.45) is 0 Å². The standard InChI is InChI=1S/C27H34N2O4/c1-6-16-33-22-13-12-21(17-19(22)3)25(30)23-24(20-10-8-18(2)9-11-20)29(27(32)26(23)31)15-7-14-28(4)5/h8-13,17,24,30H,6-7,14-16H2,1-5H3/t24-/m1/s1. The Morgan fingerprint density at radius 1 is 1.09 bits per heavy atom. The lowest BCUT2D eigenvalue weighted by molar-refractivity contribution is -0.139. The third-order valence-electron chi connectivity index (χ3n) is 5.85. The van der Waals surface area contributed by atoms with Crippen molar-refractivity contribution < 1.29 is 19.4 Å². The van der Waals surface area contributed by atoms with E-state index in [1.807, 2.05) is 64.0 Å². The van der Waals surface area contributed by atoms with E-state index in [9.17, 15) is 14.7 Å². The van der Waals surface area contributed by atoms with Gasteiger partial charge in [-0.3, -0.25) is 9.59 Å². The number of benzene rings is 2. The first-order chi connectivity index (χ1) is 15.7. The Kier molecular flexibility index (Phi) is 7.92. The van der Waals surface area contributed by atoms with Crippen molar-refractivity contribution in [2.75, 3.05) is 33.8 Å². The number of aliphatic hydroxyl groups excluding tert-OH is 1. The molecule has 0 aromatic heterocycles. The van der Waals surface area contributed by atoms with Crippen molar-refractivity contribution in [2.45, 2.75) is 39.7 Å². The first-order valence-corrected chi connectivity index (χ1v) is 11.5. The molecule has 1 atom stereocenters. The van der Waals surface area contributed by atoms with Crippen molar-refractivity contribution in [3.8, 4) is 5.75 Å². The zero-order valence-electron chi connectivity index (χ0n) is 20.2. The van der Waals surface area contributed by atoms with Gasteiger partial charge in [0.1, 0.15) is 11.5 Å². The summed E-state index contributed by atoms with van der Waals surface area (Å²) in [5.74, 6) is -0.626. The second-order valence-electron chi connectivity index (χ2n) is 8.89. The summed E-state index contributed by atoms with van der Waals surface area (Å²) in [7, 11) is 3.95. The largest absolute Gasteiger partial charge is 0.507 e.